The third-order valence-electron chi connectivity index (χ3n) is 7.87. The first kappa shape index (κ1) is 36.0. The topological polar surface area (TPSA) is 93.5 Å². The van der Waals surface area contributed by atoms with Crippen LogP contribution in [0.25, 0.3) is 34.5 Å². The molecule has 0 saturated carbocycles. The normalized spacial score (nSPS) is 14.3. The Labute approximate surface area is 301 Å². The summed E-state index contributed by atoms with van der Waals surface area (Å²) < 4.78 is 86.3. The fourth-order valence-corrected chi connectivity index (χ4v) is 7.02. The van der Waals surface area contributed by atoms with E-state index in [4.69, 9.17) is 32.9 Å². The maximum Gasteiger partial charge on any atom is 0.389 e. The zero-order chi connectivity index (χ0) is 36.3. The van der Waals surface area contributed by atoms with Crippen LogP contribution in [-0.4, -0.2) is 43.2 Å². The summed E-state index contributed by atoms with van der Waals surface area (Å²) in [4.78, 5) is 16.5. The molecule has 0 atom stereocenters. The van der Waals surface area contributed by atoms with Gasteiger partial charge in [-0.3, -0.25) is 4.79 Å². The lowest BCUT2D eigenvalue weighted by molar-refractivity contribution is -0.136. The lowest BCUT2D eigenvalue weighted by Crippen LogP contribution is -2.29. The van der Waals surface area contributed by atoms with Gasteiger partial charge in [0.05, 0.1) is 23.0 Å². The number of nitrogens with one attached hydrogen (secondary N) is 1. The molecular formula is C36H28Cl2F4N4O4S. The highest BCUT2D eigenvalue weighted by molar-refractivity contribution is 7.92. The largest absolute Gasteiger partial charge is 0.491 e. The van der Waals surface area contributed by atoms with Gasteiger partial charge in [-0.15, -0.1) is 0 Å². The molecule has 1 aliphatic heterocycles. The number of imidazole rings is 1. The minimum absolute atomic E-state index is 0.112. The average Bonchev–Trinajstić information content (AvgIpc) is 3.60. The zero-order valence-corrected chi connectivity index (χ0v) is 28.8. The number of hydrogen-bond donors (Lipinski definition) is 1. The number of anilines is 1. The highest BCUT2D eigenvalue weighted by Gasteiger charge is 2.33. The van der Waals surface area contributed by atoms with Crippen molar-refractivity contribution in [2.45, 2.75) is 25.6 Å². The molecule has 264 valence electrons. The van der Waals surface area contributed by atoms with Gasteiger partial charge in [-0.2, -0.15) is 21.6 Å². The van der Waals surface area contributed by atoms with E-state index in [9.17, 15) is 30.8 Å². The molecule has 6 rings (SSSR count). The van der Waals surface area contributed by atoms with E-state index in [1.807, 2.05) is 51.9 Å². The minimum Gasteiger partial charge on any atom is -0.491 e. The van der Waals surface area contributed by atoms with Gasteiger partial charge in [0.1, 0.15) is 12.4 Å². The van der Waals surface area contributed by atoms with E-state index in [1.165, 1.54) is 12.1 Å². The van der Waals surface area contributed by atoms with Crippen LogP contribution < -0.4 is 13.8 Å². The smallest absolute Gasteiger partial charge is 0.389 e. The quantitative estimate of drug-likeness (QED) is 0.107. The van der Waals surface area contributed by atoms with E-state index in [-0.39, 0.29) is 25.3 Å². The summed E-state index contributed by atoms with van der Waals surface area (Å²) in [5, 5.41) is 0.908. The maximum absolute atomic E-state index is 14.7. The fourth-order valence-electron chi connectivity index (χ4n) is 5.37. The van der Waals surface area contributed by atoms with Gasteiger partial charge < -0.3 is 9.30 Å². The van der Waals surface area contributed by atoms with E-state index < -0.39 is 34.5 Å². The average molecular weight is 760 g/mol. The van der Waals surface area contributed by atoms with Crippen molar-refractivity contribution in [3.05, 3.63) is 124 Å². The molecular weight excluding hydrogens is 731 g/mol. The number of carbonyl (C=O) groups excluding carboxylic acids is 1. The summed E-state index contributed by atoms with van der Waals surface area (Å²) in [5.41, 5.74) is 4.59. The molecule has 0 unspecified atom stereocenters. The van der Waals surface area contributed by atoms with Crippen LogP contribution in [0.1, 0.15) is 29.8 Å². The first-order valence-electron chi connectivity index (χ1n) is 15.5. The zero-order valence-electron chi connectivity index (χ0n) is 26.5. The molecule has 0 radical (unpaired) electrons. The number of amides is 1. The second kappa shape index (κ2) is 14.8. The Hall–Kier alpha value is -4.85. The van der Waals surface area contributed by atoms with Crippen LogP contribution in [0, 0.1) is 5.82 Å². The number of carbonyl (C=O) groups is 1. The Bertz CT molecular complexity index is 2210. The monoisotopic (exact) mass is 758 g/mol. The number of aromatic nitrogens is 2. The van der Waals surface area contributed by atoms with Gasteiger partial charge in [-0.05, 0) is 77.2 Å². The molecule has 15 heteroatoms. The van der Waals surface area contributed by atoms with Crippen molar-refractivity contribution in [1.82, 2.24) is 14.3 Å². The lowest BCUT2D eigenvalue weighted by atomic mass is 10.0. The summed E-state index contributed by atoms with van der Waals surface area (Å²) in [6.07, 6.45) is -0.0215. The van der Waals surface area contributed by atoms with Gasteiger partial charge in [0.15, 0.2) is 11.6 Å². The van der Waals surface area contributed by atoms with E-state index in [2.05, 4.69) is 0 Å². The molecule has 2 heterocycles. The number of hydrogen-bond acceptors (Lipinski definition) is 5. The standard InChI is InChI=1S/C36H28Cl2F4N4O4S/c37-27-10-13-29(30(38)19-27)32-21-45(20-24-4-11-28(12-5-24)46-22-35(47)44-51(46,48)49)34(43-32)15-6-23-2-7-25(8-3-23)26-9-14-33(31(39)18-26)50-17-1-16-36(40,41)42/h2-15,18-19,21H,1,16-17,20,22H2,(H,44,47)/b15-6+. The van der Waals surface area contributed by atoms with Crippen molar-refractivity contribution in [3.8, 4) is 28.1 Å². The Morgan fingerprint density at radius 2 is 1.65 bits per heavy atom. The van der Waals surface area contributed by atoms with E-state index in [1.54, 1.807) is 48.5 Å². The molecule has 0 spiro atoms. The van der Waals surface area contributed by atoms with Crippen molar-refractivity contribution >= 4 is 57.2 Å². The predicted molar refractivity (Wildman–Crippen MR) is 189 cm³/mol. The van der Waals surface area contributed by atoms with Gasteiger partial charge in [0.25, 0.3) is 5.91 Å². The number of ether oxygens (including phenoxy) is 1. The van der Waals surface area contributed by atoms with Gasteiger partial charge >= 0.3 is 16.4 Å². The molecule has 1 N–H and O–H groups in total. The Morgan fingerprint density at radius 1 is 0.922 bits per heavy atom. The van der Waals surface area contributed by atoms with Gasteiger partial charge in [-0.1, -0.05) is 71.7 Å². The Balaban J connectivity index is 1.20. The lowest BCUT2D eigenvalue weighted by Gasteiger charge is -2.15. The van der Waals surface area contributed by atoms with Gasteiger partial charge in [0, 0.05) is 29.7 Å². The first-order valence-corrected chi connectivity index (χ1v) is 17.7. The van der Waals surface area contributed by atoms with Gasteiger partial charge in [0.2, 0.25) is 0 Å². The molecule has 1 saturated heterocycles. The second-order valence-electron chi connectivity index (χ2n) is 11.6. The predicted octanol–water partition coefficient (Wildman–Crippen LogP) is 8.78. The van der Waals surface area contributed by atoms with Crippen molar-refractivity contribution in [2.75, 3.05) is 17.5 Å². The van der Waals surface area contributed by atoms with Crippen LogP contribution in [0.4, 0.5) is 23.2 Å². The SMILES string of the molecule is O=C1CN(c2ccc(Cn3cc(-c4ccc(Cl)cc4Cl)nc3/C=C/c3ccc(-c4ccc(OCCCC(F)(F)F)c(F)c4)cc3)cc2)S(=O)(=O)N1. The maximum atomic E-state index is 14.7. The molecule has 4 aromatic carbocycles. The third kappa shape index (κ3) is 8.91. The summed E-state index contributed by atoms with van der Waals surface area (Å²) in [5.74, 6) is -0.795. The highest BCUT2D eigenvalue weighted by Crippen LogP contribution is 2.32. The summed E-state index contributed by atoms with van der Waals surface area (Å²) in [6.45, 7) is -0.171. The van der Waals surface area contributed by atoms with Crippen LogP contribution in [0.3, 0.4) is 0 Å². The third-order valence-corrected chi connectivity index (χ3v) is 9.83. The number of rotatable bonds is 11. The number of nitrogens with zero attached hydrogens (tertiary/aromatic N) is 3. The van der Waals surface area contributed by atoms with Crippen molar-refractivity contribution in [1.29, 1.82) is 0 Å². The summed E-state index contributed by atoms with van der Waals surface area (Å²) in [7, 11) is -3.93. The van der Waals surface area contributed by atoms with E-state index in [0.29, 0.717) is 44.9 Å². The van der Waals surface area contributed by atoms with Crippen LogP contribution in [0.5, 0.6) is 5.75 Å². The van der Waals surface area contributed by atoms with Crippen LogP contribution in [0.15, 0.2) is 91.1 Å². The van der Waals surface area contributed by atoms with Crippen molar-refractivity contribution < 1.29 is 35.5 Å². The molecule has 0 aliphatic carbocycles. The number of alkyl halides is 3. The molecule has 5 aromatic rings. The second-order valence-corrected chi connectivity index (χ2v) is 14.0. The Kier molecular flexibility index (Phi) is 10.4. The molecule has 51 heavy (non-hydrogen) atoms. The van der Waals surface area contributed by atoms with Crippen LogP contribution in [-0.2, 0) is 21.5 Å². The summed E-state index contributed by atoms with van der Waals surface area (Å²) in [6, 6.07) is 23.6. The molecule has 1 fully saturated rings. The summed E-state index contributed by atoms with van der Waals surface area (Å²) >= 11 is 12.6. The fraction of sp³-hybridized carbons (Fsp3) is 0.167. The molecule has 0 bridgehead atoms. The minimum atomic E-state index is -4.29. The first-order chi connectivity index (χ1) is 24.2. The molecule has 8 nitrogen and oxygen atoms in total. The van der Waals surface area contributed by atoms with Crippen LogP contribution >= 0.6 is 23.2 Å². The van der Waals surface area contributed by atoms with E-state index >= 15 is 0 Å². The van der Waals surface area contributed by atoms with Crippen molar-refractivity contribution in [3.63, 3.8) is 0 Å². The van der Waals surface area contributed by atoms with E-state index in [0.717, 1.165) is 21.0 Å². The number of halogens is 6. The van der Waals surface area contributed by atoms with Crippen molar-refractivity contribution in [2.24, 2.45) is 0 Å². The highest BCUT2D eigenvalue weighted by atomic mass is 35.5. The number of benzene rings is 4. The molecule has 1 aliphatic rings. The van der Waals surface area contributed by atoms with Crippen LogP contribution in [0.2, 0.25) is 10.0 Å². The Morgan fingerprint density at radius 3 is 2.29 bits per heavy atom. The molecule has 1 amide bonds. The molecule has 1 aromatic heterocycles. The van der Waals surface area contributed by atoms with Gasteiger partial charge in [-0.25, -0.2) is 18.4 Å².